The van der Waals surface area contributed by atoms with Gasteiger partial charge in [0.05, 0.1) is 6.20 Å². The fourth-order valence-electron chi connectivity index (χ4n) is 1.86. The van der Waals surface area contributed by atoms with Gasteiger partial charge in [0, 0.05) is 12.7 Å². The van der Waals surface area contributed by atoms with Gasteiger partial charge in [-0.2, -0.15) is 5.10 Å². The Labute approximate surface area is 79.1 Å². The van der Waals surface area contributed by atoms with Crippen molar-refractivity contribution in [2.45, 2.75) is 26.3 Å². The van der Waals surface area contributed by atoms with Crippen LogP contribution in [0, 0.1) is 12.8 Å². The minimum atomic E-state index is 0.865. The first-order chi connectivity index (χ1) is 6.34. The lowest BCUT2D eigenvalue weighted by atomic mass is 10.1. The third-order valence-corrected chi connectivity index (χ3v) is 2.69. The molecule has 0 aromatic carbocycles. The van der Waals surface area contributed by atoms with E-state index in [4.69, 9.17) is 0 Å². The van der Waals surface area contributed by atoms with Gasteiger partial charge in [-0.15, -0.1) is 0 Å². The Morgan fingerprint density at radius 1 is 1.69 bits per heavy atom. The van der Waals surface area contributed by atoms with Crippen LogP contribution >= 0.6 is 0 Å². The Kier molecular flexibility index (Phi) is 2.64. The fourth-order valence-corrected chi connectivity index (χ4v) is 1.86. The Hall–Kier alpha value is -0.830. The van der Waals surface area contributed by atoms with Crippen LogP contribution in [-0.2, 0) is 6.54 Å². The second kappa shape index (κ2) is 3.92. The Morgan fingerprint density at radius 2 is 2.62 bits per heavy atom. The Morgan fingerprint density at radius 3 is 3.23 bits per heavy atom. The summed E-state index contributed by atoms with van der Waals surface area (Å²) < 4.78 is 2.05. The van der Waals surface area contributed by atoms with E-state index >= 15 is 0 Å². The van der Waals surface area contributed by atoms with Crippen LogP contribution in [0.15, 0.2) is 12.4 Å². The van der Waals surface area contributed by atoms with E-state index in [2.05, 4.69) is 23.5 Å². The largest absolute Gasteiger partial charge is 0.316 e. The number of hydrogen-bond acceptors (Lipinski definition) is 2. The molecule has 1 aliphatic heterocycles. The molecule has 0 aliphatic carbocycles. The third kappa shape index (κ3) is 2.31. The average molecular weight is 179 g/mol. The van der Waals surface area contributed by atoms with E-state index in [1.54, 1.807) is 0 Å². The number of rotatable bonds is 3. The summed E-state index contributed by atoms with van der Waals surface area (Å²) in [4.78, 5) is 0. The van der Waals surface area contributed by atoms with Gasteiger partial charge < -0.3 is 5.32 Å². The highest BCUT2D eigenvalue weighted by Crippen LogP contribution is 2.12. The van der Waals surface area contributed by atoms with E-state index in [0.717, 1.165) is 12.5 Å². The molecule has 2 rings (SSSR count). The molecule has 1 fully saturated rings. The van der Waals surface area contributed by atoms with Crippen molar-refractivity contribution in [3.05, 3.63) is 18.0 Å². The predicted octanol–water partition coefficient (Wildman–Crippen LogP) is 1.19. The lowest BCUT2D eigenvalue weighted by Crippen LogP contribution is -2.11. The first-order valence-corrected chi connectivity index (χ1v) is 5.04. The second-order valence-electron chi connectivity index (χ2n) is 3.93. The summed E-state index contributed by atoms with van der Waals surface area (Å²) in [6, 6.07) is 0. The summed E-state index contributed by atoms with van der Waals surface area (Å²) in [5.74, 6) is 0.865. The fraction of sp³-hybridized carbons (Fsp3) is 0.700. The molecule has 0 bridgehead atoms. The zero-order valence-corrected chi connectivity index (χ0v) is 8.16. The quantitative estimate of drug-likeness (QED) is 0.755. The average Bonchev–Trinajstić information content (AvgIpc) is 2.71. The van der Waals surface area contributed by atoms with Gasteiger partial charge in [0.2, 0.25) is 0 Å². The maximum absolute atomic E-state index is 4.27. The van der Waals surface area contributed by atoms with Crippen LogP contribution in [0.2, 0.25) is 0 Å². The molecular weight excluding hydrogens is 162 g/mol. The molecule has 1 atom stereocenters. The molecule has 0 saturated carbocycles. The van der Waals surface area contributed by atoms with E-state index in [0.29, 0.717) is 0 Å². The van der Waals surface area contributed by atoms with E-state index in [-0.39, 0.29) is 0 Å². The van der Waals surface area contributed by atoms with Gasteiger partial charge in [-0.3, -0.25) is 4.68 Å². The summed E-state index contributed by atoms with van der Waals surface area (Å²) in [6.07, 6.45) is 6.63. The lowest BCUT2D eigenvalue weighted by molar-refractivity contribution is 0.458. The van der Waals surface area contributed by atoms with Gasteiger partial charge in [-0.05, 0) is 44.3 Å². The van der Waals surface area contributed by atoms with Crippen LogP contribution < -0.4 is 5.32 Å². The third-order valence-electron chi connectivity index (χ3n) is 2.69. The molecule has 1 aromatic heterocycles. The highest BCUT2D eigenvalue weighted by Gasteiger charge is 2.13. The maximum Gasteiger partial charge on any atom is 0.0518 e. The molecule has 13 heavy (non-hydrogen) atoms. The molecule has 0 amide bonds. The van der Waals surface area contributed by atoms with Crippen LogP contribution in [0.5, 0.6) is 0 Å². The molecule has 3 nitrogen and oxygen atoms in total. The van der Waals surface area contributed by atoms with Gasteiger partial charge in [0.1, 0.15) is 0 Å². The summed E-state index contributed by atoms with van der Waals surface area (Å²) in [6.45, 7) is 5.55. The first kappa shape index (κ1) is 8.75. The van der Waals surface area contributed by atoms with Crippen molar-refractivity contribution in [1.29, 1.82) is 0 Å². The van der Waals surface area contributed by atoms with Crippen molar-refractivity contribution in [2.24, 2.45) is 5.92 Å². The Bertz CT molecular complexity index is 261. The lowest BCUT2D eigenvalue weighted by Gasteiger charge is -2.07. The summed E-state index contributed by atoms with van der Waals surface area (Å²) in [5.41, 5.74) is 1.25. The highest BCUT2D eigenvalue weighted by molar-refractivity contribution is 4.99. The molecule has 1 N–H and O–H groups in total. The number of aryl methyl sites for hydroxylation is 2. The molecule has 72 valence electrons. The molecule has 3 heteroatoms. The highest BCUT2D eigenvalue weighted by atomic mass is 15.3. The van der Waals surface area contributed by atoms with Crippen molar-refractivity contribution in [3.63, 3.8) is 0 Å². The molecule has 1 aliphatic rings. The topological polar surface area (TPSA) is 29.9 Å². The zero-order chi connectivity index (χ0) is 9.10. The van der Waals surface area contributed by atoms with Crippen molar-refractivity contribution >= 4 is 0 Å². The summed E-state index contributed by atoms with van der Waals surface area (Å²) >= 11 is 0. The maximum atomic E-state index is 4.27. The van der Waals surface area contributed by atoms with Crippen molar-refractivity contribution in [2.75, 3.05) is 13.1 Å². The number of nitrogens with zero attached hydrogens (tertiary/aromatic N) is 2. The van der Waals surface area contributed by atoms with Crippen LogP contribution in [0.25, 0.3) is 0 Å². The monoisotopic (exact) mass is 179 g/mol. The van der Waals surface area contributed by atoms with Crippen LogP contribution in [0.4, 0.5) is 0 Å². The smallest absolute Gasteiger partial charge is 0.0518 e. The van der Waals surface area contributed by atoms with Gasteiger partial charge >= 0.3 is 0 Å². The second-order valence-corrected chi connectivity index (χ2v) is 3.93. The van der Waals surface area contributed by atoms with E-state index in [1.807, 2.05) is 10.9 Å². The summed E-state index contributed by atoms with van der Waals surface area (Å²) in [7, 11) is 0. The molecule has 0 spiro atoms. The van der Waals surface area contributed by atoms with Gasteiger partial charge in [0.25, 0.3) is 0 Å². The predicted molar refractivity (Wildman–Crippen MR) is 52.6 cm³/mol. The minimum Gasteiger partial charge on any atom is -0.316 e. The molecule has 0 radical (unpaired) electrons. The number of hydrogen-bond donors (Lipinski definition) is 1. The standard InChI is InChI=1S/C10H17N3/c1-9-6-12-13(8-9)5-3-10-2-4-11-7-10/h6,8,10-11H,2-5,7H2,1H3. The van der Waals surface area contributed by atoms with Gasteiger partial charge in [0.15, 0.2) is 0 Å². The molecular formula is C10H17N3. The molecule has 1 unspecified atom stereocenters. The van der Waals surface area contributed by atoms with Crippen molar-refractivity contribution < 1.29 is 0 Å². The van der Waals surface area contributed by atoms with Gasteiger partial charge in [-0.1, -0.05) is 0 Å². The van der Waals surface area contributed by atoms with E-state index in [9.17, 15) is 0 Å². The zero-order valence-electron chi connectivity index (χ0n) is 8.16. The van der Waals surface area contributed by atoms with Crippen LogP contribution in [-0.4, -0.2) is 22.9 Å². The van der Waals surface area contributed by atoms with Crippen LogP contribution in [0.3, 0.4) is 0 Å². The van der Waals surface area contributed by atoms with Gasteiger partial charge in [-0.25, -0.2) is 0 Å². The molecule has 1 saturated heterocycles. The SMILES string of the molecule is Cc1cnn(CCC2CCNC2)c1. The number of aromatic nitrogens is 2. The van der Waals surface area contributed by atoms with Crippen molar-refractivity contribution in [3.8, 4) is 0 Å². The van der Waals surface area contributed by atoms with E-state index < -0.39 is 0 Å². The van der Waals surface area contributed by atoms with Crippen LogP contribution in [0.1, 0.15) is 18.4 Å². The first-order valence-electron chi connectivity index (χ1n) is 5.04. The normalized spacial score (nSPS) is 22.4. The van der Waals surface area contributed by atoms with Crippen molar-refractivity contribution in [1.82, 2.24) is 15.1 Å². The molecule has 2 heterocycles. The summed E-state index contributed by atoms with van der Waals surface area (Å²) in [5, 5.41) is 7.66. The number of nitrogens with one attached hydrogen (secondary N) is 1. The minimum absolute atomic E-state index is 0.865. The Balaban J connectivity index is 1.78. The molecule has 1 aromatic rings. The van der Waals surface area contributed by atoms with E-state index in [1.165, 1.54) is 31.5 Å².